The molecule has 0 bridgehead atoms. The van der Waals surface area contributed by atoms with Crippen molar-refractivity contribution in [3.63, 3.8) is 0 Å². The second-order valence-electron chi connectivity index (χ2n) is 4.81. The number of anilines is 1. The molecule has 0 spiro atoms. The average Bonchev–Trinajstić information content (AvgIpc) is 2.45. The summed E-state index contributed by atoms with van der Waals surface area (Å²) in [7, 11) is 0. The molecule has 0 amide bonds. The van der Waals surface area contributed by atoms with Gasteiger partial charge < -0.3 is 10.1 Å². The zero-order valence-corrected chi connectivity index (χ0v) is 13.5. The van der Waals surface area contributed by atoms with Crippen LogP contribution in [0.1, 0.15) is 24.5 Å². The molecular weight excluding hydrogens is 314 g/mol. The van der Waals surface area contributed by atoms with Gasteiger partial charge in [-0.2, -0.15) is 0 Å². The van der Waals surface area contributed by atoms with E-state index >= 15 is 0 Å². The average molecular weight is 334 g/mol. The van der Waals surface area contributed by atoms with Crippen LogP contribution in [0.5, 0.6) is 5.75 Å². The fourth-order valence-electron chi connectivity index (χ4n) is 1.99. The maximum atomic E-state index is 5.65. The molecule has 0 saturated heterocycles. The highest BCUT2D eigenvalue weighted by molar-refractivity contribution is 9.10. The van der Waals surface area contributed by atoms with Crippen molar-refractivity contribution < 1.29 is 4.74 Å². The van der Waals surface area contributed by atoms with E-state index in [1.54, 1.807) is 0 Å². The first kappa shape index (κ1) is 14.9. The molecule has 0 unspecified atom stereocenters. The number of hydrogen-bond acceptors (Lipinski definition) is 2. The van der Waals surface area contributed by atoms with E-state index in [0.717, 1.165) is 35.5 Å². The van der Waals surface area contributed by atoms with E-state index in [4.69, 9.17) is 4.74 Å². The smallest absolute Gasteiger partial charge is 0.119 e. The lowest BCUT2D eigenvalue weighted by Crippen LogP contribution is -2.02. The molecule has 0 aliphatic rings. The molecule has 0 heterocycles. The Kier molecular flexibility index (Phi) is 5.48. The van der Waals surface area contributed by atoms with E-state index in [2.05, 4.69) is 65.4 Å². The summed E-state index contributed by atoms with van der Waals surface area (Å²) in [6.45, 7) is 5.78. The Labute approximate surface area is 129 Å². The molecule has 2 nitrogen and oxygen atoms in total. The quantitative estimate of drug-likeness (QED) is 0.788. The maximum Gasteiger partial charge on any atom is 0.119 e. The zero-order valence-electron chi connectivity index (χ0n) is 11.9. The molecule has 20 heavy (non-hydrogen) atoms. The summed E-state index contributed by atoms with van der Waals surface area (Å²) in [4.78, 5) is 0. The first-order chi connectivity index (χ1) is 9.69. The van der Waals surface area contributed by atoms with Gasteiger partial charge in [0.2, 0.25) is 0 Å². The summed E-state index contributed by atoms with van der Waals surface area (Å²) < 4.78 is 6.76. The highest BCUT2D eigenvalue weighted by atomic mass is 79.9. The van der Waals surface area contributed by atoms with Crippen molar-refractivity contribution in [2.75, 3.05) is 11.9 Å². The molecule has 0 radical (unpaired) electrons. The van der Waals surface area contributed by atoms with E-state index in [1.807, 2.05) is 12.1 Å². The van der Waals surface area contributed by atoms with Crippen LogP contribution in [0.4, 0.5) is 5.69 Å². The third kappa shape index (κ3) is 4.27. The van der Waals surface area contributed by atoms with E-state index in [1.165, 1.54) is 11.1 Å². The number of rotatable bonds is 6. The van der Waals surface area contributed by atoms with E-state index in [-0.39, 0.29) is 0 Å². The first-order valence-electron chi connectivity index (χ1n) is 6.91. The van der Waals surface area contributed by atoms with Crippen LogP contribution >= 0.6 is 15.9 Å². The van der Waals surface area contributed by atoms with Crippen molar-refractivity contribution >= 4 is 21.6 Å². The Bertz CT molecular complexity index is 569. The molecule has 106 valence electrons. The van der Waals surface area contributed by atoms with Gasteiger partial charge in [0.05, 0.1) is 6.61 Å². The minimum Gasteiger partial charge on any atom is -0.494 e. The Hall–Kier alpha value is -1.48. The monoisotopic (exact) mass is 333 g/mol. The molecule has 2 rings (SSSR count). The largest absolute Gasteiger partial charge is 0.494 e. The van der Waals surface area contributed by atoms with Crippen LogP contribution in [0.3, 0.4) is 0 Å². The van der Waals surface area contributed by atoms with Crippen LogP contribution in [0.25, 0.3) is 0 Å². The Morgan fingerprint density at radius 2 is 2.00 bits per heavy atom. The van der Waals surface area contributed by atoms with Crippen molar-refractivity contribution in [2.24, 2.45) is 0 Å². The van der Waals surface area contributed by atoms with Crippen LogP contribution in [-0.4, -0.2) is 6.61 Å². The lowest BCUT2D eigenvalue weighted by atomic mass is 10.1. The third-order valence-electron chi connectivity index (χ3n) is 3.04. The second-order valence-corrected chi connectivity index (χ2v) is 5.72. The van der Waals surface area contributed by atoms with Crippen molar-refractivity contribution in [3.8, 4) is 5.75 Å². The molecule has 0 fully saturated rings. The first-order valence-corrected chi connectivity index (χ1v) is 7.70. The Balaban J connectivity index is 1.99. The molecule has 0 saturated carbocycles. The molecule has 1 N–H and O–H groups in total. The van der Waals surface area contributed by atoms with Gasteiger partial charge in [-0.15, -0.1) is 0 Å². The van der Waals surface area contributed by atoms with Crippen LogP contribution in [0.2, 0.25) is 0 Å². The van der Waals surface area contributed by atoms with E-state index in [0.29, 0.717) is 0 Å². The van der Waals surface area contributed by atoms with Crippen molar-refractivity contribution in [2.45, 2.75) is 26.8 Å². The fourth-order valence-corrected chi connectivity index (χ4v) is 2.46. The van der Waals surface area contributed by atoms with Gasteiger partial charge in [0, 0.05) is 16.7 Å². The number of ether oxygens (including phenoxy) is 1. The zero-order chi connectivity index (χ0) is 14.4. The summed E-state index contributed by atoms with van der Waals surface area (Å²) in [6, 6.07) is 14.5. The highest BCUT2D eigenvalue weighted by Gasteiger charge is 2.00. The van der Waals surface area contributed by atoms with Gasteiger partial charge in [-0.3, -0.25) is 0 Å². The molecule has 0 aliphatic carbocycles. The number of halogens is 1. The topological polar surface area (TPSA) is 21.3 Å². The van der Waals surface area contributed by atoms with Crippen molar-refractivity contribution in [1.29, 1.82) is 0 Å². The molecule has 0 atom stereocenters. The van der Waals surface area contributed by atoms with Crippen LogP contribution in [0.15, 0.2) is 46.9 Å². The summed E-state index contributed by atoms with van der Waals surface area (Å²) in [5.41, 5.74) is 3.62. The standard InChI is InChI=1S/C17H20BrNO/c1-3-9-20-16-6-4-5-14(11-16)12-19-17-8-7-15(18)10-13(17)2/h4-8,10-11,19H,3,9,12H2,1-2H3. The SMILES string of the molecule is CCCOc1cccc(CNc2ccc(Br)cc2C)c1. The summed E-state index contributed by atoms with van der Waals surface area (Å²) in [6.07, 6.45) is 1.03. The Morgan fingerprint density at radius 3 is 2.75 bits per heavy atom. The normalized spacial score (nSPS) is 10.3. The van der Waals surface area contributed by atoms with Crippen LogP contribution < -0.4 is 10.1 Å². The molecule has 3 heteroatoms. The summed E-state index contributed by atoms with van der Waals surface area (Å²) >= 11 is 3.48. The molecule has 2 aromatic carbocycles. The number of hydrogen-bond donors (Lipinski definition) is 1. The van der Waals surface area contributed by atoms with Gasteiger partial charge in [-0.05, 0) is 54.8 Å². The van der Waals surface area contributed by atoms with Gasteiger partial charge in [0.15, 0.2) is 0 Å². The molecule has 0 aliphatic heterocycles. The Morgan fingerprint density at radius 1 is 1.15 bits per heavy atom. The number of nitrogens with one attached hydrogen (secondary N) is 1. The molecule has 2 aromatic rings. The van der Waals surface area contributed by atoms with Crippen LogP contribution in [0, 0.1) is 6.92 Å². The van der Waals surface area contributed by atoms with Crippen molar-refractivity contribution in [1.82, 2.24) is 0 Å². The van der Waals surface area contributed by atoms with E-state index < -0.39 is 0 Å². The fraction of sp³-hybridized carbons (Fsp3) is 0.294. The number of aryl methyl sites for hydroxylation is 1. The van der Waals surface area contributed by atoms with Gasteiger partial charge in [-0.25, -0.2) is 0 Å². The minimum atomic E-state index is 0.767. The molecule has 0 aromatic heterocycles. The van der Waals surface area contributed by atoms with E-state index in [9.17, 15) is 0 Å². The van der Waals surface area contributed by atoms with Gasteiger partial charge in [-0.1, -0.05) is 35.0 Å². The van der Waals surface area contributed by atoms with Crippen LogP contribution in [-0.2, 0) is 6.54 Å². The van der Waals surface area contributed by atoms with Gasteiger partial charge in [0.25, 0.3) is 0 Å². The summed E-state index contributed by atoms with van der Waals surface area (Å²) in [5, 5.41) is 3.46. The third-order valence-corrected chi connectivity index (χ3v) is 3.54. The number of benzene rings is 2. The maximum absolute atomic E-state index is 5.65. The van der Waals surface area contributed by atoms with Gasteiger partial charge >= 0.3 is 0 Å². The predicted molar refractivity (Wildman–Crippen MR) is 88.4 cm³/mol. The molecular formula is C17H20BrNO. The second kappa shape index (κ2) is 7.34. The van der Waals surface area contributed by atoms with Gasteiger partial charge in [0.1, 0.15) is 5.75 Å². The lowest BCUT2D eigenvalue weighted by molar-refractivity contribution is 0.317. The predicted octanol–water partition coefficient (Wildman–Crippen LogP) is 5.16. The highest BCUT2D eigenvalue weighted by Crippen LogP contribution is 2.21. The minimum absolute atomic E-state index is 0.767. The summed E-state index contributed by atoms with van der Waals surface area (Å²) in [5.74, 6) is 0.943. The van der Waals surface area contributed by atoms with Crippen molar-refractivity contribution in [3.05, 3.63) is 58.1 Å². The lowest BCUT2D eigenvalue weighted by Gasteiger charge is -2.11.